The molecule has 0 saturated carbocycles. The highest BCUT2D eigenvalue weighted by Crippen LogP contribution is 2.37. The van der Waals surface area contributed by atoms with E-state index in [1.165, 1.54) is 11.3 Å². The lowest BCUT2D eigenvalue weighted by molar-refractivity contribution is -0.117. The zero-order chi connectivity index (χ0) is 24.4. The van der Waals surface area contributed by atoms with Crippen LogP contribution in [-0.4, -0.2) is 46.8 Å². The van der Waals surface area contributed by atoms with Gasteiger partial charge in [-0.15, -0.1) is 10.2 Å². The van der Waals surface area contributed by atoms with Gasteiger partial charge >= 0.3 is 0 Å². The second-order valence-electron chi connectivity index (χ2n) is 8.63. The number of hydrogen-bond acceptors (Lipinski definition) is 7. The molecular weight excluding hydrogens is 464 g/mol. The molecule has 0 atom stereocenters. The van der Waals surface area contributed by atoms with E-state index in [2.05, 4.69) is 15.5 Å². The van der Waals surface area contributed by atoms with Crippen LogP contribution in [-0.2, 0) is 4.79 Å². The Morgan fingerprint density at radius 1 is 1.03 bits per heavy atom. The predicted molar refractivity (Wildman–Crippen MR) is 135 cm³/mol. The number of hydrogen-bond donors (Lipinski definition) is 1. The van der Waals surface area contributed by atoms with Crippen molar-refractivity contribution in [3.63, 3.8) is 0 Å². The molecule has 0 unspecified atom stereocenters. The van der Waals surface area contributed by atoms with E-state index in [-0.39, 0.29) is 31.1 Å². The summed E-state index contributed by atoms with van der Waals surface area (Å²) >= 11 is 1.25. The van der Waals surface area contributed by atoms with Gasteiger partial charge in [-0.3, -0.25) is 14.9 Å². The Balaban J connectivity index is 1.31. The molecule has 0 spiro atoms. The molecule has 5 rings (SSSR count). The van der Waals surface area contributed by atoms with Gasteiger partial charge in [0, 0.05) is 17.7 Å². The van der Waals surface area contributed by atoms with Crippen LogP contribution in [0.1, 0.15) is 24.2 Å². The number of nitrogens with one attached hydrogen (secondary N) is 1. The number of carbonyl (C=O) groups excluding carboxylic acids is 2. The fourth-order valence-corrected chi connectivity index (χ4v) is 4.75. The molecule has 1 aliphatic heterocycles. The van der Waals surface area contributed by atoms with E-state index in [4.69, 9.17) is 9.47 Å². The van der Waals surface area contributed by atoms with Gasteiger partial charge in [-0.05, 0) is 41.0 Å². The molecule has 0 radical (unpaired) electrons. The number of fused-ring (bicyclic) bond motifs is 2. The highest BCUT2D eigenvalue weighted by molar-refractivity contribution is 7.18. The lowest BCUT2D eigenvalue weighted by Crippen LogP contribution is -2.40. The van der Waals surface area contributed by atoms with Crippen molar-refractivity contribution in [3.8, 4) is 22.1 Å². The molecule has 8 nitrogen and oxygen atoms in total. The Morgan fingerprint density at radius 2 is 1.83 bits per heavy atom. The lowest BCUT2D eigenvalue weighted by Gasteiger charge is -2.24. The monoisotopic (exact) mass is 488 g/mol. The van der Waals surface area contributed by atoms with E-state index < -0.39 is 0 Å². The summed E-state index contributed by atoms with van der Waals surface area (Å²) in [6.07, 6.45) is 0. The van der Waals surface area contributed by atoms with Crippen molar-refractivity contribution >= 4 is 39.1 Å². The Hall–Kier alpha value is -3.98. The standard InChI is InChI=1S/C26H24N4O4S/c1-16(2)13-30(25(32)20-9-5-7-17-6-3-4-8-19(17)20)14-23(31)27-26-29-28-24(35-26)18-10-11-21-22(12-18)34-15-33-21/h3-12,16H,13-15H2,1-2H3,(H,27,29,31). The number of benzene rings is 3. The zero-order valence-corrected chi connectivity index (χ0v) is 20.2. The third-order valence-corrected chi connectivity index (χ3v) is 6.41. The van der Waals surface area contributed by atoms with Gasteiger partial charge in [0.25, 0.3) is 5.91 Å². The van der Waals surface area contributed by atoms with Crippen molar-refractivity contribution in [1.29, 1.82) is 0 Å². The average Bonchev–Trinajstić information content (AvgIpc) is 3.51. The normalized spacial score (nSPS) is 12.2. The summed E-state index contributed by atoms with van der Waals surface area (Å²) in [5, 5.41) is 13.9. The number of rotatable bonds is 7. The lowest BCUT2D eigenvalue weighted by atomic mass is 10.0. The Kier molecular flexibility index (Phi) is 6.33. The summed E-state index contributed by atoms with van der Waals surface area (Å²) in [6, 6.07) is 18.9. The quantitative estimate of drug-likeness (QED) is 0.401. The molecule has 35 heavy (non-hydrogen) atoms. The molecule has 2 amide bonds. The molecule has 0 saturated heterocycles. The number of nitrogens with zero attached hydrogens (tertiary/aromatic N) is 3. The maximum atomic E-state index is 13.5. The SMILES string of the molecule is CC(C)CN(CC(=O)Nc1nnc(-c2ccc3c(c2)OCO3)s1)C(=O)c1cccc2ccccc12. The summed E-state index contributed by atoms with van der Waals surface area (Å²) in [6.45, 7) is 4.60. The van der Waals surface area contributed by atoms with Crippen LogP contribution in [0, 0.1) is 5.92 Å². The van der Waals surface area contributed by atoms with Crippen molar-refractivity contribution in [2.45, 2.75) is 13.8 Å². The molecule has 1 aromatic heterocycles. The topological polar surface area (TPSA) is 93.7 Å². The summed E-state index contributed by atoms with van der Waals surface area (Å²) in [4.78, 5) is 27.9. The molecular formula is C26H24N4O4S. The molecule has 1 aliphatic rings. The largest absolute Gasteiger partial charge is 0.454 e. The summed E-state index contributed by atoms with van der Waals surface area (Å²) in [5.74, 6) is 1.03. The van der Waals surface area contributed by atoms with Crippen LogP contribution in [0.3, 0.4) is 0 Å². The van der Waals surface area contributed by atoms with E-state index >= 15 is 0 Å². The smallest absolute Gasteiger partial charge is 0.254 e. The number of amides is 2. The minimum atomic E-state index is -0.326. The molecule has 1 N–H and O–H groups in total. The maximum absolute atomic E-state index is 13.5. The molecule has 0 fully saturated rings. The Bertz CT molecular complexity index is 1400. The summed E-state index contributed by atoms with van der Waals surface area (Å²) < 4.78 is 10.8. The van der Waals surface area contributed by atoms with Crippen molar-refractivity contribution in [2.75, 3.05) is 25.2 Å². The van der Waals surface area contributed by atoms with Crippen LogP contribution in [0.5, 0.6) is 11.5 Å². The van der Waals surface area contributed by atoms with Gasteiger partial charge in [0.15, 0.2) is 11.5 Å². The van der Waals surface area contributed by atoms with Gasteiger partial charge in [0.2, 0.25) is 17.8 Å². The highest BCUT2D eigenvalue weighted by atomic mass is 32.1. The van der Waals surface area contributed by atoms with Crippen molar-refractivity contribution in [2.24, 2.45) is 5.92 Å². The van der Waals surface area contributed by atoms with Gasteiger partial charge in [-0.25, -0.2) is 0 Å². The first-order valence-corrected chi connectivity index (χ1v) is 12.1. The first kappa shape index (κ1) is 22.8. The van der Waals surface area contributed by atoms with E-state index in [9.17, 15) is 9.59 Å². The Labute approximate surface area is 206 Å². The van der Waals surface area contributed by atoms with Gasteiger partial charge in [0.05, 0.1) is 0 Å². The molecule has 0 bridgehead atoms. The summed E-state index contributed by atoms with van der Waals surface area (Å²) in [5.41, 5.74) is 1.40. The molecule has 9 heteroatoms. The molecule has 4 aromatic rings. The van der Waals surface area contributed by atoms with Crippen LogP contribution in [0.2, 0.25) is 0 Å². The van der Waals surface area contributed by atoms with Crippen LogP contribution in [0.15, 0.2) is 60.7 Å². The number of ether oxygens (including phenoxy) is 2. The fraction of sp³-hybridized carbons (Fsp3) is 0.231. The van der Waals surface area contributed by atoms with Crippen LogP contribution in [0.25, 0.3) is 21.3 Å². The van der Waals surface area contributed by atoms with E-state index in [0.717, 1.165) is 16.3 Å². The zero-order valence-electron chi connectivity index (χ0n) is 19.4. The fourth-order valence-electron chi connectivity index (χ4n) is 3.99. The first-order chi connectivity index (χ1) is 17.0. The molecule has 0 aliphatic carbocycles. The van der Waals surface area contributed by atoms with E-state index in [0.29, 0.717) is 33.7 Å². The van der Waals surface area contributed by atoms with Crippen molar-refractivity contribution in [1.82, 2.24) is 15.1 Å². The van der Waals surface area contributed by atoms with Crippen LogP contribution in [0.4, 0.5) is 5.13 Å². The first-order valence-electron chi connectivity index (χ1n) is 11.3. The van der Waals surface area contributed by atoms with Gasteiger partial charge in [0.1, 0.15) is 11.6 Å². The molecule has 178 valence electrons. The molecule has 3 aromatic carbocycles. The van der Waals surface area contributed by atoms with Crippen molar-refractivity contribution in [3.05, 3.63) is 66.2 Å². The van der Waals surface area contributed by atoms with Gasteiger partial charge < -0.3 is 14.4 Å². The number of aromatic nitrogens is 2. The average molecular weight is 489 g/mol. The minimum Gasteiger partial charge on any atom is -0.454 e. The Morgan fingerprint density at radius 3 is 2.69 bits per heavy atom. The third kappa shape index (κ3) is 4.95. The minimum absolute atomic E-state index is 0.0842. The second kappa shape index (κ2) is 9.71. The van der Waals surface area contributed by atoms with Gasteiger partial charge in [-0.2, -0.15) is 0 Å². The second-order valence-corrected chi connectivity index (χ2v) is 9.61. The van der Waals surface area contributed by atoms with E-state index in [1.807, 2.05) is 68.4 Å². The maximum Gasteiger partial charge on any atom is 0.254 e. The van der Waals surface area contributed by atoms with E-state index in [1.54, 1.807) is 11.0 Å². The third-order valence-electron chi connectivity index (χ3n) is 5.52. The predicted octanol–water partition coefficient (Wildman–Crippen LogP) is 4.82. The highest BCUT2D eigenvalue weighted by Gasteiger charge is 2.22. The van der Waals surface area contributed by atoms with Crippen molar-refractivity contribution < 1.29 is 19.1 Å². The van der Waals surface area contributed by atoms with Crippen LogP contribution >= 0.6 is 11.3 Å². The summed E-state index contributed by atoms with van der Waals surface area (Å²) in [7, 11) is 0. The van der Waals surface area contributed by atoms with Crippen LogP contribution < -0.4 is 14.8 Å². The number of carbonyl (C=O) groups is 2. The molecule has 2 heterocycles. The number of anilines is 1. The van der Waals surface area contributed by atoms with Gasteiger partial charge in [-0.1, -0.05) is 61.6 Å².